The number of anilines is 2. The van der Waals surface area contributed by atoms with Crippen LogP contribution in [0.5, 0.6) is 5.75 Å². The number of hydrogen-bond donors (Lipinski definition) is 1. The number of fused-ring (bicyclic) bond motifs is 1. The number of amides is 1. The summed E-state index contributed by atoms with van der Waals surface area (Å²) in [6.07, 6.45) is 5.08. The second-order valence-corrected chi connectivity index (χ2v) is 10.2. The molecule has 0 aliphatic carbocycles. The maximum absolute atomic E-state index is 12.9. The zero-order valence-electron chi connectivity index (χ0n) is 23.2. The van der Waals surface area contributed by atoms with E-state index in [1.165, 1.54) is 7.11 Å². The first-order valence-corrected chi connectivity index (χ1v) is 13.8. The SMILES string of the molecule is COC(=O)c1cccc(OCC2CCN(c3ncc(NC(=O)c4cc5cc(-c6ccccc6)ccc5o4)cn3)CC2)c1. The van der Waals surface area contributed by atoms with Gasteiger partial charge in [-0.1, -0.05) is 42.5 Å². The highest BCUT2D eigenvalue weighted by atomic mass is 16.5. The molecule has 2 aromatic heterocycles. The van der Waals surface area contributed by atoms with Gasteiger partial charge in [-0.15, -0.1) is 0 Å². The van der Waals surface area contributed by atoms with Crippen LogP contribution < -0.4 is 15.0 Å². The van der Waals surface area contributed by atoms with Gasteiger partial charge in [-0.3, -0.25) is 4.79 Å². The Morgan fingerprint density at radius 3 is 2.48 bits per heavy atom. The van der Waals surface area contributed by atoms with Crippen LogP contribution in [-0.2, 0) is 4.74 Å². The Balaban J connectivity index is 1.01. The Bertz CT molecular complexity index is 1690. The van der Waals surface area contributed by atoms with Crippen molar-refractivity contribution in [3.05, 3.63) is 103 Å². The fourth-order valence-electron chi connectivity index (χ4n) is 5.05. The first-order chi connectivity index (χ1) is 20.6. The molecular formula is C33H30N4O5. The van der Waals surface area contributed by atoms with Crippen LogP contribution in [0.25, 0.3) is 22.1 Å². The smallest absolute Gasteiger partial charge is 0.337 e. The number of furan rings is 1. The molecule has 1 saturated heterocycles. The van der Waals surface area contributed by atoms with Gasteiger partial charge in [-0.25, -0.2) is 14.8 Å². The van der Waals surface area contributed by atoms with Crippen molar-refractivity contribution < 1.29 is 23.5 Å². The molecule has 0 spiro atoms. The summed E-state index contributed by atoms with van der Waals surface area (Å²) in [5.74, 6) is 1.14. The van der Waals surface area contributed by atoms with E-state index in [1.54, 1.807) is 36.7 Å². The molecule has 42 heavy (non-hydrogen) atoms. The average Bonchev–Trinajstić information content (AvgIpc) is 3.49. The number of carbonyl (C=O) groups excluding carboxylic acids is 2. The Labute approximate surface area is 243 Å². The van der Waals surface area contributed by atoms with Gasteiger partial charge in [0.05, 0.1) is 37.4 Å². The summed E-state index contributed by atoms with van der Waals surface area (Å²) in [5.41, 5.74) is 3.77. The standard InChI is InChI=1S/C33H30N4O5/c1-40-32(39)25-8-5-9-28(17-25)41-21-22-12-14-37(15-13-22)33-34-19-27(20-35-33)36-31(38)30-18-26-16-24(10-11-29(26)42-30)23-6-3-2-4-7-23/h2-11,16-20,22H,12-15,21H2,1H3,(H,36,38). The number of esters is 1. The van der Waals surface area contributed by atoms with E-state index in [4.69, 9.17) is 13.9 Å². The van der Waals surface area contributed by atoms with E-state index in [2.05, 4.69) is 20.2 Å². The molecule has 3 aromatic carbocycles. The highest BCUT2D eigenvalue weighted by Gasteiger charge is 2.22. The highest BCUT2D eigenvalue weighted by Crippen LogP contribution is 2.27. The van der Waals surface area contributed by atoms with Crippen molar-refractivity contribution >= 4 is 34.5 Å². The first kappa shape index (κ1) is 27.0. The number of nitrogens with zero attached hydrogens (tertiary/aromatic N) is 3. The summed E-state index contributed by atoms with van der Waals surface area (Å²) < 4.78 is 16.5. The zero-order valence-corrected chi connectivity index (χ0v) is 23.2. The molecule has 1 N–H and O–H groups in total. The first-order valence-electron chi connectivity index (χ1n) is 13.8. The van der Waals surface area contributed by atoms with Gasteiger partial charge in [0.2, 0.25) is 5.95 Å². The van der Waals surface area contributed by atoms with E-state index in [-0.39, 0.29) is 17.6 Å². The monoisotopic (exact) mass is 562 g/mol. The molecule has 9 nitrogen and oxygen atoms in total. The van der Waals surface area contributed by atoms with E-state index in [9.17, 15) is 9.59 Å². The molecule has 0 radical (unpaired) electrons. The number of carbonyl (C=O) groups is 2. The van der Waals surface area contributed by atoms with Crippen molar-refractivity contribution in [2.45, 2.75) is 12.8 Å². The number of ether oxygens (including phenoxy) is 2. The number of hydrogen-bond acceptors (Lipinski definition) is 8. The molecular weight excluding hydrogens is 532 g/mol. The number of piperidine rings is 1. The minimum Gasteiger partial charge on any atom is -0.493 e. The minimum atomic E-state index is -0.383. The van der Waals surface area contributed by atoms with E-state index < -0.39 is 0 Å². The lowest BCUT2D eigenvalue weighted by atomic mass is 9.98. The molecule has 212 valence electrons. The third-order valence-corrected chi connectivity index (χ3v) is 7.38. The Hall–Kier alpha value is -5.18. The fourth-order valence-corrected chi connectivity index (χ4v) is 5.05. The Kier molecular flexibility index (Phi) is 7.81. The van der Waals surface area contributed by atoms with Crippen molar-refractivity contribution in [3.63, 3.8) is 0 Å². The van der Waals surface area contributed by atoms with Crippen LogP contribution in [0.3, 0.4) is 0 Å². The van der Waals surface area contributed by atoms with Crippen molar-refractivity contribution in [2.75, 3.05) is 37.0 Å². The summed E-state index contributed by atoms with van der Waals surface area (Å²) in [6.45, 7) is 2.16. The molecule has 5 aromatic rings. The zero-order chi connectivity index (χ0) is 28.9. The lowest BCUT2D eigenvalue weighted by molar-refractivity contribution is 0.0600. The van der Waals surface area contributed by atoms with Gasteiger partial charge in [-0.05, 0) is 66.3 Å². The topological polar surface area (TPSA) is 107 Å². The maximum Gasteiger partial charge on any atom is 0.337 e. The predicted molar refractivity (Wildman–Crippen MR) is 160 cm³/mol. The van der Waals surface area contributed by atoms with Crippen LogP contribution in [0.4, 0.5) is 11.6 Å². The van der Waals surface area contributed by atoms with Gasteiger partial charge in [0, 0.05) is 18.5 Å². The number of benzene rings is 3. The predicted octanol–water partition coefficient (Wildman–Crippen LogP) is 6.22. The molecule has 0 saturated carbocycles. The Morgan fingerprint density at radius 2 is 1.71 bits per heavy atom. The summed E-state index contributed by atoms with van der Waals surface area (Å²) in [4.78, 5) is 35.7. The van der Waals surface area contributed by atoms with Crippen LogP contribution in [-0.4, -0.2) is 48.7 Å². The van der Waals surface area contributed by atoms with Gasteiger partial charge in [0.1, 0.15) is 11.3 Å². The number of aromatic nitrogens is 2. The van der Waals surface area contributed by atoms with Gasteiger partial charge >= 0.3 is 5.97 Å². The molecule has 1 aliphatic rings. The lowest BCUT2D eigenvalue weighted by Crippen LogP contribution is -2.36. The molecule has 1 fully saturated rings. The molecule has 6 rings (SSSR count). The van der Waals surface area contributed by atoms with Crippen LogP contribution in [0.1, 0.15) is 33.8 Å². The third kappa shape index (κ3) is 6.10. The molecule has 3 heterocycles. The number of nitrogens with one attached hydrogen (secondary N) is 1. The van der Waals surface area contributed by atoms with Crippen molar-refractivity contribution in [2.24, 2.45) is 5.92 Å². The molecule has 0 bridgehead atoms. The second kappa shape index (κ2) is 12.1. The molecule has 0 unspecified atom stereocenters. The number of rotatable bonds is 8. The van der Waals surface area contributed by atoms with Crippen molar-refractivity contribution in [1.82, 2.24) is 9.97 Å². The fraction of sp³-hybridized carbons (Fsp3) is 0.212. The van der Waals surface area contributed by atoms with Gasteiger partial charge in [0.15, 0.2) is 5.76 Å². The Morgan fingerprint density at radius 1 is 0.929 bits per heavy atom. The van der Waals surface area contributed by atoms with Gasteiger partial charge in [-0.2, -0.15) is 0 Å². The van der Waals surface area contributed by atoms with E-state index in [0.717, 1.165) is 42.4 Å². The third-order valence-electron chi connectivity index (χ3n) is 7.38. The quantitative estimate of drug-likeness (QED) is 0.222. The largest absolute Gasteiger partial charge is 0.493 e. The van der Waals surface area contributed by atoms with Crippen molar-refractivity contribution in [1.29, 1.82) is 0 Å². The summed E-state index contributed by atoms with van der Waals surface area (Å²) in [6, 6.07) is 24.7. The molecule has 1 amide bonds. The molecule has 9 heteroatoms. The summed E-state index contributed by atoms with van der Waals surface area (Å²) >= 11 is 0. The maximum atomic E-state index is 12.9. The normalized spacial score (nSPS) is 13.6. The van der Waals surface area contributed by atoms with Crippen LogP contribution in [0.15, 0.2) is 95.7 Å². The van der Waals surface area contributed by atoms with Gasteiger partial charge < -0.3 is 24.1 Å². The van der Waals surface area contributed by atoms with Crippen molar-refractivity contribution in [3.8, 4) is 16.9 Å². The van der Waals surface area contributed by atoms with E-state index >= 15 is 0 Å². The van der Waals surface area contributed by atoms with E-state index in [1.807, 2.05) is 54.6 Å². The highest BCUT2D eigenvalue weighted by molar-refractivity contribution is 6.04. The second-order valence-electron chi connectivity index (χ2n) is 10.2. The summed E-state index contributed by atoms with van der Waals surface area (Å²) in [5, 5.41) is 3.69. The molecule has 1 aliphatic heterocycles. The average molecular weight is 563 g/mol. The van der Waals surface area contributed by atoms with Crippen LogP contribution >= 0.6 is 0 Å². The van der Waals surface area contributed by atoms with Crippen LogP contribution in [0.2, 0.25) is 0 Å². The molecule has 0 atom stereocenters. The minimum absolute atomic E-state index is 0.223. The lowest BCUT2D eigenvalue weighted by Gasteiger charge is -2.31. The van der Waals surface area contributed by atoms with Crippen LogP contribution in [0, 0.1) is 5.92 Å². The van der Waals surface area contributed by atoms with Gasteiger partial charge in [0.25, 0.3) is 5.91 Å². The van der Waals surface area contributed by atoms with E-state index in [0.29, 0.717) is 41.1 Å². The number of methoxy groups -OCH3 is 1. The summed E-state index contributed by atoms with van der Waals surface area (Å²) in [7, 11) is 1.36.